The first-order valence-electron chi connectivity index (χ1n) is 23.4. The number of carbonyl (C=O) groups excluding carboxylic acids is 5. The summed E-state index contributed by atoms with van der Waals surface area (Å²) in [5.41, 5.74) is 7.24. The molecule has 4 N–H and O–H groups in total. The lowest BCUT2D eigenvalue weighted by atomic mass is 9.92. The van der Waals surface area contributed by atoms with Crippen molar-refractivity contribution in [2.24, 2.45) is 0 Å². The minimum absolute atomic E-state index is 0.0301. The van der Waals surface area contributed by atoms with Gasteiger partial charge in [-0.2, -0.15) is 5.10 Å². The first-order valence-corrected chi connectivity index (χ1v) is 23.4. The van der Waals surface area contributed by atoms with Crippen molar-refractivity contribution in [3.05, 3.63) is 76.1 Å². The molecule has 356 valence electrons. The number of aryl methyl sites for hydroxylation is 4. The van der Waals surface area contributed by atoms with Crippen LogP contribution in [0.4, 0.5) is 17.3 Å². The summed E-state index contributed by atoms with van der Waals surface area (Å²) in [5.74, 6) is 0.558. The van der Waals surface area contributed by atoms with Gasteiger partial charge in [0.25, 0.3) is 17.7 Å². The van der Waals surface area contributed by atoms with Gasteiger partial charge in [-0.05, 0) is 95.2 Å². The van der Waals surface area contributed by atoms with E-state index in [0.717, 1.165) is 73.7 Å². The number of H-pyrrole nitrogens is 1. The largest absolute Gasteiger partial charge is 0.384 e. The second-order valence-corrected chi connectivity index (χ2v) is 17.5. The van der Waals surface area contributed by atoms with Gasteiger partial charge in [-0.25, -0.2) is 14.6 Å². The lowest BCUT2D eigenvalue weighted by molar-refractivity contribution is -0.132. The molecule has 0 spiro atoms. The van der Waals surface area contributed by atoms with E-state index in [1.165, 1.54) is 0 Å². The molecule has 1 aliphatic heterocycles. The van der Waals surface area contributed by atoms with Crippen molar-refractivity contribution >= 4 is 68.5 Å². The zero-order chi connectivity index (χ0) is 47.5. The summed E-state index contributed by atoms with van der Waals surface area (Å²) in [4.78, 5) is 78.2. The average molecular weight is 929 g/mol. The number of fused-ring (bicyclic) bond motifs is 4. The molecule has 9 rings (SSSR count). The molecule has 2 aliphatic carbocycles. The Morgan fingerprint density at radius 1 is 0.868 bits per heavy atom. The van der Waals surface area contributed by atoms with Crippen LogP contribution in [0.2, 0.25) is 0 Å². The second-order valence-electron chi connectivity index (χ2n) is 17.5. The third kappa shape index (κ3) is 9.63. The van der Waals surface area contributed by atoms with Crippen molar-refractivity contribution in [1.29, 1.82) is 0 Å². The Morgan fingerprint density at radius 2 is 1.62 bits per heavy atom. The van der Waals surface area contributed by atoms with Crippen molar-refractivity contribution < 1.29 is 42.7 Å². The van der Waals surface area contributed by atoms with Gasteiger partial charge >= 0.3 is 0 Å². The maximum absolute atomic E-state index is 13.6. The third-order valence-electron chi connectivity index (χ3n) is 12.6. The summed E-state index contributed by atoms with van der Waals surface area (Å²) in [5, 5.41) is 20.4. The van der Waals surface area contributed by atoms with Crippen LogP contribution in [0, 0.1) is 20.8 Å². The highest BCUT2D eigenvalue weighted by atomic mass is 16.5. The van der Waals surface area contributed by atoms with E-state index in [0.29, 0.717) is 95.2 Å². The Bertz CT molecular complexity index is 2890. The molecule has 3 amide bonds. The molecular formula is C49H56N10O9. The fraction of sp³-hybridized carbons (Fsp3) is 0.449. The van der Waals surface area contributed by atoms with Crippen LogP contribution in [0.1, 0.15) is 112 Å². The number of hydrogen-bond donors (Lipinski definition) is 4. The van der Waals surface area contributed by atoms with Gasteiger partial charge < -0.3 is 39.7 Å². The molecule has 19 nitrogen and oxygen atoms in total. The molecule has 0 radical (unpaired) electrons. The number of hydrogen-bond acceptors (Lipinski definition) is 15. The Kier molecular flexibility index (Phi) is 13.7. The van der Waals surface area contributed by atoms with E-state index in [1.54, 1.807) is 18.2 Å². The molecule has 19 heteroatoms. The SMILES string of the molecule is CCn1nc(C2CC2)cc1Nc1nc(C(=O)NCCCOCCOCCOCCCNc2cccc3c2C(=O)N(C2CCC(=O)CC2=O)C3=O)nc2[nH]c3cc(-c4c(C)noc4C)c(C)cc3c12. The zero-order valence-electron chi connectivity index (χ0n) is 38.8. The van der Waals surface area contributed by atoms with Crippen molar-refractivity contribution in [2.45, 2.75) is 91.1 Å². The Balaban J connectivity index is 0.707. The first kappa shape index (κ1) is 46.3. The predicted octanol–water partition coefficient (Wildman–Crippen LogP) is 6.49. The number of nitrogens with zero attached hydrogens (tertiary/aromatic N) is 6. The normalized spacial score (nSPS) is 16.1. The molecule has 1 unspecified atom stereocenters. The predicted molar refractivity (Wildman–Crippen MR) is 251 cm³/mol. The number of imide groups is 1. The van der Waals surface area contributed by atoms with Crippen LogP contribution in [-0.2, 0) is 30.3 Å². The summed E-state index contributed by atoms with van der Waals surface area (Å²) >= 11 is 0. The summed E-state index contributed by atoms with van der Waals surface area (Å²) < 4.78 is 24.5. The first-order chi connectivity index (χ1) is 33.0. The van der Waals surface area contributed by atoms with Crippen LogP contribution in [-0.4, -0.2) is 123 Å². The molecule has 3 aliphatic rings. The number of aromatic nitrogens is 6. The fourth-order valence-electron chi connectivity index (χ4n) is 9.02. The number of aromatic amines is 1. The zero-order valence-corrected chi connectivity index (χ0v) is 38.8. The van der Waals surface area contributed by atoms with Crippen LogP contribution in [0.5, 0.6) is 0 Å². The van der Waals surface area contributed by atoms with E-state index in [4.69, 9.17) is 33.8 Å². The number of carbonyl (C=O) groups is 5. The Hall–Kier alpha value is -6.83. The van der Waals surface area contributed by atoms with Gasteiger partial charge in [-0.3, -0.25) is 28.9 Å². The number of ether oxygens (including phenoxy) is 3. The van der Waals surface area contributed by atoms with Crippen LogP contribution in [0.15, 0.2) is 40.9 Å². The Morgan fingerprint density at radius 3 is 2.32 bits per heavy atom. The number of benzene rings is 2. The standard InChI is InChI=1S/C49H56N10O9/c1-5-58-40(26-36(56-58)30-11-12-30)53-45-43-34-23-27(2)33(41-28(3)57-68-29(41)4)25-37(34)52-44(43)54-46(55-45)47(62)51-16-8-18-66-20-22-67-21-19-65-17-7-15-50-35-10-6-9-32-42(35)49(64)59(48(32)63)38-14-13-31(60)24-39(38)61/h6,9-10,23,25-26,30,38,50H,5,7-8,11-22,24H2,1-4H3,(H,51,62)(H2,52,53,54,55). The summed E-state index contributed by atoms with van der Waals surface area (Å²) in [6, 6.07) is 10.4. The third-order valence-corrected chi connectivity index (χ3v) is 12.6. The van der Waals surface area contributed by atoms with Crippen LogP contribution >= 0.6 is 0 Å². The topological polar surface area (TPSA) is 238 Å². The molecule has 0 bridgehead atoms. The quantitative estimate of drug-likeness (QED) is 0.0324. The second kappa shape index (κ2) is 20.2. The summed E-state index contributed by atoms with van der Waals surface area (Å²) in [6.45, 7) is 11.9. The van der Waals surface area contributed by atoms with Gasteiger partial charge in [-0.15, -0.1) is 0 Å². The van der Waals surface area contributed by atoms with Gasteiger partial charge in [0.2, 0.25) is 5.82 Å². The number of amides is 3. The molecule has 4 aromatic heterocycles. The van der Waals surface area contributed by atoms with E-state index in [1.807, 2.05) is 25.5 Å². The highest BCUT2D eigenvalue weighted by Gasteiger charge is 2.45. The van der Waals surface area contributed by atoms with Crippen LogP contribution in [0.3, 0.4) is 0 Å². The number of ketones is 2. The monoisotopic (exact) mass is 928 g/mol. The Labute approximate surface area is 392 Å². The minimum atomic E-state index is -0.908. The smallest absolute Gasteiger partial charge is 0.289 e. The molecule has 6 aromatic rings. The van der Waals surface area contributed by atoms with Crippen molar-refractivity contribution in [1.82, 2.24) is 40.1 Å². The van der Waals surface area contributed by atoms with Crippen molar-refractivity contribution in [3.63, 3.8) is 0 Å². The number of Topliss-reactive ketones (excluding diaryl/α,β-unsaturated/α-hetero) is 2. The van der Waals surface area contributed by atoms with E-state index < -0.39 is 29.5 Å². The van der Waals surface area contributed by atoms with Crippen molar-refractivity contribution in [3.8, 4) is 11.1 Å². The van der Waals surface area contributed by atoms with E-state index in [2.05, 4.69) is 51.2 Å². The molecule has 2 saturated carbocycles. The highest BCUT2D eigenvalue weighted by molar-refractivity contribution is 6.25. The molecule has 2 fully saturated rings. The molecular weight excluding hydrogens is 873 g/mol. The van der Waals surface area contributed by atoms with Gasteiger partial charge in [0.1, 0.15) is 28.8 Å². The lowest BCUT2D eigenvalue weighted by Gasteiger charge is -2.27. The molecule has 68 heavy (non-hydrogen) atoms. The van der Waals surface area contributed by atoms with Gasteiger partial charge in [0.15, 0.2) is 5.78 Å². The van der Waals surface area contributed by atoms with Gasteiger partial charge in [0.05, 0.1) is 66.8 Å². The molecule has 0 saturated heterocycles. The molecule has 2 aromatic carbocycles. The van der Waals surface area contributed by atoms with Crippen molar-refractivity contribution in [2.75, 3.05) is 63.4 Å². The van der Waals surface area contributed by atoms with E-state index in [-0.39, 0.29) is 42.0 Å². The minimum Gasteiger partial charge on any atom is -0.384 e. The maximum Gasteiger partial charge on any atom is 0.289 e. The van der Waals surface area contributed by atoms with Gasteiger partial charge in [-0.1, -0.05) is 11.2 Å². The van der Waals surface area contributed by atoms with Crippen LogP contribution < -0.4 is 16.0 Å². The maximum atomic E-state index is 13.6. The lowest BCUT2D eigenvalue weighted by Crippen LogP contribution is -2.47. The van der Waals surface area contributed by atoms with E-state index in [9.17, 15) is 24.0 Å². The van der Waals surface area contributed by atoms with Crippen LogP contribution in [0.25, 0.3) is 33.1 Å². The number of rotatable bonds is 22. The summed E-state index contributed by atoms with van der Waals surface area (Å²) in [6.07, 6.45) is 3.55. The number of nitrogens with one attached hydrogen (secondary N) is 4. The average Bonchev–Trinajstić information content (AvgIpc) is 3.78. The highest BCUT2D eigenvalue weighted by Crippen LogP contribution is 2.42. The molecule has 1 atom stereocenters. The fourth-order valence-corrected chi connectivity index (χ4v) is 9.02. The van der Waals surface area contributed by atoms with E-state index >= 15 is 0 Å². The number of anilines is 3. The molecule has 5 heterocycles. The summed E-state index contributed by atoms with van der Waals surface area (Å²) in [7, 11) is 0. The van der Waals surface area contributed by atoms with Gasteiger partial charge in [0, 0.05) is 73.4 Å².